The van der Waals surface area contributed by atoms with Gasteiger partial charge in [0, 0.05) is 33.2 Å². The summed E-state index contributed by atoms with van der Waals surface area (Å²) in [4.78, 5) is 5.30. The van der Waals surface area contributed by atoms with E-state index in [-0.39, 0.29) is 0 Å². The molecule has 0 fully saturated rings. The summed E-state index contributed by atoms with van der Waals surface area (Å²) in [5.41, 5.74) is 6.45. The molecule has 2 rings (SSSR count). The minimum absolute atomic E-state index is 0.506. The third-order valence-corrected chi connectivity index (χ3v) is 3.37. The van der Waals surface area contributed by atoms with Gasteiger partial charge in [-0.25, -0.2) is 4.98 Å². The Hall–Kier alpha value is -0.610. The smallest absolute Gasteiger partial charge is 0.123 e. The molecule has 1 aromatic carbocycles. The van der Waals surface area contributed by atoms with E-state index in [9.17, 15) is 0 Å². The number of hydrogen-bond donors (Lipinski definition) is 1. The zero-order valence-corrected chi connectivity index (χ0v) is 10.0. The molecule has 0 atom stereocenters. The highest BCUT2D eigenvalue weighted by molar-refractivity contribution is 7.15. The molecule has 2 nitrogen and oxygen atoms in total. The van der Waals surface area contributed by atoms with Gasteiger partial charge in [-0.2, -0.15) is 0 Å². The molecule has 0 saturated heterocycles. The van der Waals surface area contributed by atoms with E-state index in [0.29, 0.717) is 16.6 Å². The summed E-state index contributed by atoms with van der Waals surface area (Å²) >= 11 is 13.4. The number of aromatic nitrogens is 1. The van der Waals surface area contributed by atoms with Crippen LogP contribution in [0.5, 0.6) is 0 Å². The monoisotopic (exact) mass is 258 g/mol. The topological polar surface area (TPSA) is 38.9 Å². The second-order valence-electron chi connectivity index (χ2n) is 2.99. The summed E-state index contributed by atoms with van der Waals surface area (Å²) in [7, 11) is 0. The first kappa shape index (κ1) is 10.9. The van der Waals surface area contributed by atoms with Crippen LogP contribution in [0.15, 0.2) is 24.4 Å². The summed E-state index contributed by atoms with van der Waals surface area (Å²) in [6.45, 7) is 0.506. The van der Waals surface area contributed by atoms with Crippen molar-refractivity contribution in [2.24, 2.45) is 5.73 Å². The summed E-state index contributed by atoms with van der Waals surface area (Å²) in [5.74, 6) is 0. The van der Waals surface area contributed by atoms with E-state index >= 15 is 0 Å². The van der Waals surface area contributed by atoms with Crippen LogP contribution in [-0.2, 0) is 6.54 Å². The average Bonchev–Trinajstić information content (AvgIpc) is 2.64. The third-order valence-electron chi connectivity index (χ3n) is 1.86. The molecule has 0 saturated carbocycles. The molecule has 15 heavy (non-hydrogen) atoms. The molecule has 0 aliphatic carbocycles. The van der Waals surface area contributed by atoms with Gasteiger partial charge in [0.05, 0.1) is 0 Å². The molecule has 0 aliphatic rings. The lowest BCUT2D eigenvalue weighted by molar-refractivity contribution is 1.10. The van der Waals surface area contributed by atoms with Gasteiger partial charge in [0.1, 0.15) is 5.01 Å². The summed E-state index contributed by atoms with van der Waals surface area (Å²) < 4.78 is 0. The largest absolute Gasteiger partial charge is 0.326 e. The van der Waals surface area contributed by atoms with Crippen molar-refractivity contribution in [1.82, 2.24) is 4.98 Å². The molecule has 0 amide bonds. The van der Waals surface area contributed by atoms with Gasteiger partial charge in [0.2, 0.25) is 0 Å². The quantitative estimate of drug-likeness (QED) is 0.895. The second-order valence-corrected chi connectivity index (χ2v) is 4.98. The number of thiazole rings is 1. The number of hydrogen-bond acceptors (Lipinski definition) is 3. The minimum atomic E-state index is 0.506. The summed E-state index contributed by atoms with van der Waals surface area (Å²) in [6, 6.07) is 5.38. The van der Waals surface area contributed by atoms with Crippen LogP contribution in [0.25, 0.3) is 10.6 Å². The van der Waals surface area contributed by atoms with E-state index in [2.05, 4.69) is 4.98 Å². The Morgan fingerprint density at radius 2 is 1.87 bits per heavy atom. The number of nitrogens with zero attached hydrogens (tertiary/aromatic N) is 1. The first-order valence-corrected chi connectivity index (χ1v) is 5.87. The van der Waals surface area contributed by atoms with Gasteiger partial charge < -0.3 is 5.73 Å². The molecule has 1 aromatic heterocycles. The van der Waals surface area contributed by atoms with Crippen LogP contribution in [0, 0.1) is 0 Å². The number of benzene rings is 1. The Labute approximate surface area is 102 Å². The fourth-order valence-corrected chi connectivity index (χ4v) is 2.52. The lowest BCUT2D eigenvalue weighted by atomic mass is 10.2. The molecular weight excluding hydrogens is 251 g/mol. The van der Waals surface area contributed by atoms with Crippen LogP contribution >= 0.6 is 34.5 Å². The average molecular weight is 259 g/mol. The molecule has 0 spiro atoms. The normalized spacial score (nSPS) is 10.6. The van der Waals surface area contributed by atoms with E-state index < -0.39 is 0 Å². The van der Waals surface area contributed by atoms with E-state index in [1.807, 2.05) is 12.1 Å². The van der Waals surface area contributed by atoms with Crippen molar-refractivity contribution in [3.8, 4) is 10.6 Å². The van der Waals surface area contributed by atoms with Crippen LogP contribution < -0.4 is 5.73 Å². The first-order valence-electron chi connectivity index (χ1n) is 4.30. The van der Waals surface area contributed by atoms with Crippen molar-refractivity contribution in [1.29, 1.82) is 0 Å². The molecule has 5 heteroatoms. The zero-order valence-electron chi connectivity index (χ0n) is 7.71. The fraction of sp³-hybridized carbons (Fsp3) is 0.100. The van der Waals surface area contributed by atoms with Crippen molar-refractivity contribution in [2.45, 2.75) is 6.54 Å². The fourth-order valence-electron chi connectivity index (χ4n) is 1.21. The Kier molecular flexibility index (Phi) is 3.26. The van der Waals surface area contributed by atoms with Crippen LogP contribution in [0.4, 0.5) is 0 Å². The van der Waals surface area contributed by atoms with Crippen LogP contribution in [-0.4, -0.2) is 4.98 Å². The van der Waals surface area contributed by atoms with Crippen LogP contribution in [0.3, 0.4) is 0 Å². The maximum Gasteiger partial charge on any atom is 0.123 e. The molecule has 0 radical (unpaired) electrons. The van der Waals surface area contributed by atoms with Crippen LogP contribution in [0.2, 0.25) is 10.0 Å². The predicted octanol–water partition coefficient (Wildman–Crippen LogP) is 3.58. The van der Waals surface area contributed by atoms with E-state index in [0.717, 1.165) is 15.4 Å². The van der Waals surface area contributed by atoms with Crippen LogP contribution in [0.1, 0.15) is 4.88 Å². The number of halogens is 2. The SMILES string of the molecule is NCc1cnc(-c2cc(Cl)cc(Cl)c2)s1. The molecule has 0 unspecified atom stereocenters. The molecular formula is C10H8Cl2N2S. The first-order chi connectivity index (χ1) is 7.19. The molecule has 0 aliphatic heterocycles. The zero-order chi connectivity index (χ0) is 10.8. The number of rotatable bonds is 2. The molecule has 2 aromatic rings. The lowest BCUT2D eigenvalue weighted by Gasteiger charge is -1.98. The van der Waals surface area contributed by atoms with E-state index in [1.165, 1.54) is 0 Å². The van der Waals surface area contributed by atoms with Gasteiger partial charge in [-0.1, -0.05) is 23.2 Å². The third kappa shape index (κ3) is 2.49. The summed E-state index contributed by atoms with van der Waals surface area (Å²) in [5, 5.41) is 2.11. The predicted molar refractivity (Wildman–Crippen MR) is 65.5 cm³/mol. The lowest BCUT2D eigenvalue weighted by Crippen LogP contribution is -1.91. The van der Waals surface area contributed by atoms with Crippen molar-refractivity contribution in [2.75, 3.05) is 0 Å². The Balaban J connectivity index is 2.44. The van der Waals surface area contributed by atoms with Gasteiger partial charge in [0.15, 0.2) is 0 Å². The van der Waals surface area contributed by atoms with Gasteiger partial charge in [-0.15, -0.1) is 11.3 Å². The minimum Gasteiger partial charge on any atom is -0.326 e. The standard InChI is InChI=1S/C10H8Cl2N2S/c11-7-1-6(2-8(12)3-7)10-14-5-9(4-13)15-10/h1-3,5H,4,13H2. The second kappa shape index (κ2) is 4.49. The maximum absolute atomic E-state index is 5.91. The Bertz CT molecular complexity index is 462. The van der Waals surface area contributed by atoms with Gasteiger partial charge >= 0.3 is 0 Å². The maximum atomic E-state index is 5.91. The van der Waals surface area contributed by atoms with Gasteiger partial charge in [-0.05, 0) is 18.2 Å². The Morgan fingerprint density at radius 1 is 1.20 bits per heavy atom. The van der Waals surface area contributed by atoms with Crippen molar-refractivity contribution in [3.63, 3.8) is 0 Å². The van der Waals surface area contributed by atoms with E-state index in [1.54, 1.807) is 23.6 Å². The van der Waals surface area contributed by atoms with Crippen molar-refractivity contribution >= 4 is 34.5 Å². The highest BCUT2D eigenvalue weighted by Gasteiger charge is 2.05. The highest BCUT2D eigenvalue weighted by atomic mass is 35.5. The van der Waals surface area contributed by atoms with Gasteiger partial charge in [0.25, 0.3) is 0 Å². The van der Waals surface area contributed by atoms with Crippen molar-refractivity contribution < 1.29 is 0 Å². The van der Waals surface area contributed by atoms with E-state index in [4.69, 9.17) is 28.9 Å². The molecule has 2 N–H and O–H groups in total. The molecule has 0 bridgehead atoms. The number of nitrogens with two attached hydrogens (primary N) is 1. The Morgan fingerprint density at radius 3 is 2.40 bits per heavy atom. The molecule has 78 valence electrons. The summed E-state index contributed by atoms with van der Waals surface area (Å²) in [6.07, 6.45) is 1.77. The van der Waals surface area contributed by atoms with Crippen molar-refractivity contribution in [3.05, 3.63) is 39.3 Å². The molecule has 1 heterocycles. The highest BCUT2D eigenvalue weighted by Crippen LogP contribution is 2.29. The van der Waals surface area contributed by atoms with Gasteiger partial charge in [-0.3, -0.25) is 0 Å².